The van der Waals surface area contributed by atoms with Crippen LogP contribution in [0.2, 0.25) is 0 Å². The van der Waals surface area contributed by atoms with Crippen LogP contribution in [0, 0.1) is 0 Å². The number of ether oxygens (including phenoxy) is 6. The largest absolute Gasteiger partial charge is 0.394 e. The van der Waals surface area contributed by atoms with Crippen molar-refractivity contribution < 1.29 is 89.4 Å². The van der Waals surface area contributed by atoms with Gasteiger partial charge in [0.2, 0.25) is 5.91 Å². The van der Waals surface area contributed by atoms with Crippen molar-refractivity contribution in [1.29, 1.82) is 0 Å². The molecule has 19 nitrogen and oxygen atoms in total. The van der Waals surface area contributed by atoms with E-state index in [1.54, 1.807) is 6.08 Å². The lowest BCUT2D eigenvalue weighted by molar-refractivity contribution is -0.379. The van der Waals surface area contributed by atoms with Gasteiger partial charge in [-0.15, -0.1) is 0 Å². The average molecular weight is 1350 g/mol. The normalized spacial score (nSPS) is 27.6. The minimum Gasteiger partial charge on any atom is -0.394 e. The van der Waals surface area contributed by atoms with E-state index in [0.717, 1.165) is 57.8 Å². The first-order chi connectivity index (χ1) is 46.3. The molecular formula is C76H135NO18. The van der Waals surface area contributed by atoms with Crippen molar-refractivity contribution in [2.24, 2.45) is 0 Å². The zero-order valence-corrected chi connectivity index (χ0v) is 58.6. The fourth-order valence-corrected chi connectivity index (χ4v) is 12.5. The summed E-state index contributed by atoms with van der Waals surface area (Å²) in [6, 6.07) is -1.01. The van der Waals surface area contributed by atoms with Crippen LogP contribution in [0.5, 0.6) is 0 Å². The Morgan fingerprint density at radius 2 is 0.726 bits per heavy atom. The van der Waals surface area contributed by atoms with E-state index in [9.17, 15) is 61.0 Å². The first-order valence-corrected chi connectivity index (χ1v) is 37.7. The molecule has 17 atom stereocenters. The maximum Gasteiger partial charge on any atom is 0.220 e. The Labute approximate surface area is 572 Å². The molecule has 3 aliphatic rings. The molecule has 552 valence electrons. The number of rotatable bonds is 58. The molecule has 1 amide bonds. The lowest BCUT2D eigenvalue weighted by Crippen LogP contribution is -2.66. The topological polar surface area (TPSA) is 307 Å². The molecule has 3 saturated heterocycles. The molecule has 0 aliphatic carbocycles. The molecule has 3 aliphatic heterocycles. The number of amides is 1. The number of allylic oxidation sites excluding steroid dienone is 11. The number of unbranched alkanes of at least 4 members (excludes halogenated alkanes) is 32. The second-order valence-corrected chi connectivity index (χ2v) is 26.7. The molecule has 3 fully saturated rings. The minimum absolute atomic E-state index is 0.162. The molecule has 0 aromatic rings. The predicted octanol–water partition coefficient (Wildman–Crippen LogP) is 11.3. The molecule has 3 rings (SSSR count). The van der Waals surface area contributed by atoms with E-state index < -0.39 is 124 Å². The van der Waals surface area contributed by atoms with Crippen LogP contribution in [0.1, 0.15) is 271 Å². The number of aliphatic hydroxyl groups is 11. The zero-order valence-electron chi connectivity index (χ0n) is 58.6. The van der Waals surface area contributed by atoms with Gasteiger partial charge in [-0.3, -0.25) is 4.79 Å². The molecule has 0 aromatic carbocycles. The van der Waals surface area contributed by atoms with Crippen molar-refractivity contribution in [1.82, 2.24) is 5.32 Å². The summed E-state index contributed by atoms with van der Waals surface area (Å²) >= 11 is 0. The van der Waals surface area contributed by atoms with Gasteiger partial charge in [0, 0.05) is 6.42 Å². The third kappa shape index (κ3) is 38.0. The van der Waals surface area contributed by atoms with Crippen molar-refractivity contribution in [3.8, 4) is 0 Å². The summed E-state index contributed by atoms with van der Waals surface area (Å²) in [5.41, 5.74) is 0. The van der Waals surface area contributed by atoms with Gasteiger partial charge in [0.25, 0.3) is 0 Å². The monoisotopic (exact) mass is 1350 g/mol. The van der Waals surface area contributed by atoms with Gasteiger partial charge in [0.15, 0.2) is 18.9 Å². The molecule has 3 heterocycles. The van der Waals surface area contributed by atoms with Crippen LogP contribution >= 0.6 is 0 Å². The highest BCUT2D eigenvalue weighted by molar-refractivity contribution is 5.76. The van der Waals surface area contributed by atoms with E-state index in [1.807, 2.05) is 12.2 Å². The van der Waals surface area contributed by atoms with Crippen LogP contribution in [0.4, 0.5) is 0 Å². The third-order valence-corrected chi connectivity index (χ3v) is 18.5. The number of aliphatic hydroxyl groups excluding tert-OH is 11. The van der Waals surface area contributed by atoms with Crippen LogP contribution in [0.3, 0.4) is 0 Å². The number of hydrogen-bond acceptors (Lipinski definition) is 18. The molecule has 0 saturated carbocycles. The molecule has 19 heteroatoms. The quantitative estimate of drug-likeness (QED) is 0.0199. The first-order valence-electron chi connectivity index (χ1n) is 37.7. The van der Waals surface area contributed by atoms with Gasteiger partial charge in [-0.2, -0.15) is 0 Å². The molecule has 0 spiro atoms. The minimum atomic E-state index is -1.99. The fourth-order valence-electron chi connectivity index (χ4n) is 12.5. The van der Waals surface area contributed by atoms with Crippen molar-refractivity contribution in [3.63, 3.8) is 0 Å². The Morgan fingerprint density at radius 3 is 1.13 bits per heavy atom. The SMILES string of the molecule is CC/C=C\C/C=C\C/C=C\C/C=C\C/C=C\CCCC(=O)NC(COC1OC(CO)C(OC2OC(CO)C(OC3OC(CO)C(O)C(O)C3O)C(O)C2O)C(O)C1O)C(O)/C=C/CCCCCCCCCCCCCCCCCCCCCCCCCCCCCCCCC. The summed E-state index contributed by atoms with van der Waals surface area (Å²) < 4.78 is 34.3. The Balaban J connectivity index is 1.38. The highest BCUT2D eigenvalue weighted by Gasteiger charge is 2.53. The standard InChI is InChI=1S/C76H135NO18/c1-3-5-7-9-11-13-15-17-19-21-22-23-24-25-26-27-28-29-30-31-32-33-34-35-36-38-39-41-43-45-47-49-51-53-60(81)59(77-64(82)54-52-50-48-46-44-42-40-37-20-18-16-14-12-10-8-6-4-2)58-90-74-70(88)67(85)72(62(56-79)92-74)95-76-71(89)68(86)73(63(57-80)93-76)94-75-69(87)66(84)65(83)61(55-78)91-75/h6,8,12,14,18,20,40,42,46,48,51,53,59-63,65-76,78-81,83-89H,3-5,7,9-11,13,15-17,19,21-39,41,43-45,47,49-50,52,54-58H2,1-2H3,(H,77,82)/b8-6-,14-12-,20-18-,42-40-,48-46-,53-51+. The summed E-state index contributed by atoms with van der Waals surface area (Å²) in [5, 5.41) is 121. The maximum absolute atomic E-state index is 13.4. The van der Waals surface area contributed by atoms with Gasteiger partial charge >= 0.3 is 0 Å². The molecular weight excluding hydrogens is 1210 g/mol. The van der Waals surface area contributed by atoms with Crippen molar-refractivity contribution in [2.45, 2.75) is 375 Å². The third-order valence-electron chi connectivity index (χ3n) is 18.5. The molecule has 0 aromatic heterocycles. The number of nitrogens with one attached hydrogen (secondary N) is 1. The van der Waals surface area contributed by atoms with E-state index in [-0.39, 0.29) is 18.9 Å². The van der Waals surface area contributed by atoms with E-state index in [2.05, 4.69) is 73.8 Å². The van der Waals surface area contributed by atoms with Gasteiger partial charge in [0.1, 0.15) is 73.2 Å². The van der Waals surface area contributed by atoms with Crippen LogP contribution < -0.4 is 5.32 Å². The van der Waals surface area contributed by atoms with Gasteiger partial charge in [-0.25, -0.2) is 0 Å². The van der Waals surface area contributed by atoms with Crippen molar-refractivity contribution >= 4 is 5.91 Å². The lowest BCUT2D eigenvalue weighted by Gasteiger charge is -2.48. The zero-order chi connectivity index (χ0) is 68.9. The summed E-state index contributed by atoms with van der Waals surface area (Å²) in [6.45, 7) is 1.59. The van der Waals surface area contributed by atoms with Crippen LogP contribution in [0.25, 0.3) is 0 Å². The van der Waals surface area contributed by atoms with Crippen LogP contribution in [-0.4, -0.2) is 193 Å². The Bertz CT molecular complexity index is 2000. The van der Waals surface area contributed by atoms with E-state index in [0.29, 0.717) is 12.8 Å². The smallest absolute Gasteiger partial charge is 0.220 e. The molecule has 12 N–H and O–H groups in total. The van der Waals surface area contributed by atoms with Gasteiger partial charge in [0.05, 0.1) is 38.6 Å². The van der Waals surface area contributed by atoms with Gasteiger partial charge in [-0.05, 0) is 57.8 Å². The van der Waals surface area contributed by atoms with Crippen molar-refractivity contribution in [3.05, 3.63) is 72.9 Å². The summed E-state index contributed by atoms with van der Waals surface area (Å²) in [7, 11) is 0. The Morgan fingerprint density at radius 1 is 0.389 bits per heavy atom. The fraction of sp³-hybridized carbons (Fsp3) is 0.829. The summed E-state index contributed by atoms with van der Waals surface area (Å²) in [5.74, 6) is -0.332. The number of hydrogen-bond donors (Lipinski definition) is 12. The van der Waals surface area contributed by atoms with Crippen molar-refractivity contribution in [2.75, 3.05) is 26.4 Å². The van der Waals surface area contributed by atoms with Gasteiger partial charge in [-0.1, -0.05) is 279 Å². The predicted molar refractivity (Wildman–Crippen MR) is 374 cm³/mol. The van der Waals surface area contributed by atoms with Gasteiger partial charge < -0.3 is 89.9 Å². The highest BCUT2D eigenvalue weighted by Crippen LogP contribution is 2.33. The number of carbonyl (C=O) groups is 1. The lowest BCUT2D eigenvalue weighted by atomic mass is 9.96. The molecule has 95 heavy (non-hydrogen) atoms. The van der Waals surface area contributed by atoms with E-state index in [4.69, 9.17) is 28.4 Å². The Kier molecular flexibility index (Phi) is 51.8. The average Bonchev–Trinajstić information content (AvgIpc) is 0.787. The van der Waals surface area contributed by atoms with Crippen LogP contribution in [0.15, 0.2) is 72.9 Å². The van der Waals surface area contributed by atoms with E-state index in [1.165, 1.54) is 180 Å². The van der Waals surface area contributed by atoms with Crippen LogP contribution in [-0.2, 0) is 33.2 Å². The number of carbonyl (C=O) groups excluding carboxylic acids is 1. The first kappa shape index (κ1) is 86.5. The maximum atomic E-state index is 13.4. The second kappa shape index (κ2) is 56.9. The highest BCUT2D eigenvalue weighted by atomic mass is 16.8. The summed E-state index contributed by atoms with van der Waals surface area (Å²) in [4.78, 5) is 13.4. The molecule has 0 radical (unpaired) electrons. The molecule has 17 unspecified atom stereocenters. The second-order valence-electron chi connectivity index (χ2n) is 26.7. The summed E-state index contributed by atoms with van der Waals surface area (Å²) in [6.07, 6.45) is 46.3. The molecule has 0 bridgehead atoms. The Hall–Kier alpha value is -2.77. The van der Waals surface area contributed by atoms with E-state index >= 15 is 0 Å².